The SMILES string of the molecule is Cc1cccc(C)c1NC(=O)c1cc(C(=O)NC2CCS(=O)(=O)C2)ccn1. The Hall–Kier alpha value is -2.74. The van der Waals surface area contributed by atoms with Gasteiger partial charge in [0.25, 0.3) is 11.8 Å². The molecule has 8 heteroatoms. The predicted octanol–water partition coefficient (Wildman–Crippen LogP) is 1.87. The standard InChI is InChI=1S/C19H21N3O4S/c1-12-4-3-5-13(2)17(12)22-19(24)16-10-14(6-8-20-16)18(23)21-15-7-9-27(25,26)11-15/h3-6,8,10,15H,7,9,11H2,1-2H3,(H,21,23)(H,22,24). The molecule has 3 rings (SSSR count). The van der Waals surface area contributed by atoms with Crippen molar-refractivity contribution in [2.75, 3.05) is 16.8 Å². The van der Waals surface area contributed by atoms with Crippen molar-refractivity contribution >= 4 is 27.3 Å². The molecule has 1 aliphatic heterocycles. The zero-order chi connectivity index (χ0) is 19.6. The second kappa shape index (κ2) is 7.48. The molecule has 27 heavy (non-hydrogen) atoms. The topological polar surface area (TPSA) is 105 Å². The average molecular weight is 387 g/mol. The van der Waals surface area contributed by atoms with Crippen LogP contribution in [-0.4, -0.2) is 42.8 Å². The van der Waals surface area contributed by atoms with Crippen molar-refractivity contribution in [1.82, 2.24) is 10.3 Å². The van der Waals surface area contributed by atoms with E-state index in [0.717, 1.165) is 16.8 Å². The minimum atomic E-state index is -3.08. The van der Waals surface area contributed by atoms with Crippen LogP contribution < -0.4 is 10.6 Å². The molecule has 0 saturated carbocycles. The van der Waals surface area contributed by atoms with Gasteiger partial charge in [-0.15, -0.1) is 0 Å². The number of carbonyl (C=O) groups excluding carboxylic acids is 2. The van der Waals surface area contributed by atoms with E-state index in [1.807, 2.05) is 32.0 Å². The summed E-state index contributed by atoms with van der Waals surface area (Å²) in [5.41, 5.74) is 2.96. The van der Waals surface area contributed by atoms with Gasteiger partial charge in [0.05, 0.1) is 11.5 Å². The van der Waals surface area contributed by atoms with Crippen LogP contribution in [0.2, 0.25) is 0 Å². The summed E-state index contributed by atoms with van der Waals surface area (Å²) in [4.78, 5) is 29.0. The number of para-hydroxylation sites is 1. The average Bonchev–Trinajstić information content (AvgIpc) is 2.96. The largest absolute Gasteiger partial charge is 0.348 e. The van der Waals surface area contributed by atoms with E-state index in [-0.39, 0.29) is 22.8 Å². The van der Waals surface area contributed by atoms with Crippen LogP contribution in [-0.2, 0) is 9.84 Å². The summed E-state index contributed by atoms with van der Waals surface area (Å²) in [6.45, 7) is 3.80. The van der Waals surface area contributed by atoms with Gasteiger partial charge in [-0.1, -0.05) is 18.2 Å². The number of aromatic nitrogens is 1. The minimum Gasteiger partial charge on any atom is -0.348 e. The number of carbonyl (C=O) groups is 2. The van der Waals surface area contributed by atoms with Crippen LogP contribution in [0.15, 0.2) is 36.5 Å². The number of pyridine rings is 1. The first kappa shape index (κ1) is 19.0. The van der Waals surface area contributed by atoms with Crippen LogP contribution in [0, 0.1) is 13.8 Å². The van der Waals surface area contributed by atoms with Crippen molar-refractivity contribution in [3.63, 3.8) is 0 Å². The number of benzene rings is 1. The molecule has 1 atom stereocenters. The van der Waals surface area contributed by atoms with Crippen molar-refractivity contribution in [3.8, 4) is 0 Å². The molecule has 1 aliphatic rings. The van der Waals surface area contributed by atoms with E-state index in [9.17, 15) is 18.0 Å². The highest BCUT2D eigenvalue weighted by Crippen LogP contribution is 2.20. The monoisotopic (exact) mass is 387 g/mol. The summed E-state index contributed by atoms with van der Waals surface area (Å²) in [6.07, 6.45) is 1.79. The van der Waals surface area contributed by atoms with Crippen LogP contribution in [0.4, 0.5) is 5.69 Å². The predicted molar refractivity (Wildman–Crippen MR) is 103 cm³/mol. The molecule has 7 nitrogen and oxygen atoms in total. The molecule has 142 valence electrons. The Bertz CT molecular complexity index is 982. The number of rotatable bonds is 4. The molecule has 2 aromatic rings. The van der Waals surface area contributed by atoms with Gasteiger partial charge in [-0.3, -0.25) is 14.6 Å². The summed E-state index contributed by atoms with van der Waals surface area (Å²) in [6, 6.07) is 8.20. The molecule has 0 radical (unpaired) electrons. The Labute approximate surface area is 158 Å². The summed E-state index contributed by atoms with van der Waals surface area (Å²) in [7, 11) is -3.08. The Morgan fingerprint density at radius 1 is 1.11 bits per heavy atom. The number of hydrogen-bond acceptors (Lipinski definition) is 5. The van der Waals surface area contributed by atoms with Crippen molar-refractivity contribution in [2.45, 2.75) is 26.3 Å². The third-order valence-corrected chi connectivity index (χ3v) is 6.31. The first-order valence-electron chi connectivity index (χ1n) is 8.60. The molecular formula is C19H21N3O4S. The molecule has 1 unspecified atom stereocenters. The van der Waals surface area contributed by atoms with Crippen molar-refractivity contribution in [1.29, 1.82) is 0 Å². The van der Waals surface area contributed by atoms with Gasteiger partial charge in [-0.05, 0) is 43.5 Å². The minimum absolute atomic E-state index is 0.0519. The maximum absolute atomic E-state index is 12.5. The van der Waals surface area contributed by atoms with Gasteiger partial charge in [0.2, 0.25) is 0 Å². The smallest absolute Gasteiger partial charge is 0.274 e. The fraction of sp³-hybridized carbons (Fsp3) is 0.316. The van der Waals surface area contributed by atoms with Gasteiger partial charge >= 0.3 is 0 Å². The van der Waals surface area contributed by atoms with Gasteiger partial charge in [0, 0.05) is 23.5 Å². The number of amides is 2. The lowest BCUT2D eigenvalue weighted by molar-refractivity contribution is 0.0941. The Balaban J connectivity index is 1.73. The van der Waals surface area contributed by atoms with Crippen molar-refractivity contribution in [3.05, 3.63) is 58.9 Å². The first-order chi connectivity index (χ1) is 12.7. The highest BCUT2D eigenvalue weighted by molar-refractivity contribution is 7.91. The third-order valence-electron chi connectivity index (χ3n) is 4.54. The number of anilines is 1. The Morgan fingerprint density at radius 3 is 2.44 bits per heavy atom. The fourth-order valence-corrected chi connectivity index (χ4v) is 4.74. The third kappa shape index (κ3) is 4.51. The fourth-order valence-electron chi connectivity index (χ4n) is 3.06. The molecule has 0 bridgehead atoms. The second-order valence-corrected chi connectivity index (χ2v) is 8.95. The van der Waals surface area contributed by atoms with Crippen LogP contribution >= 0.6 is 0 Å². The molecule has 2 amide bonds. The molecule has 1 saturated heterocycles. The summed E-state index contributed by atoms with van der Waals surface area (Å²) >= 11 is 0. The molecule has 2 heterocycles. The zero-order valence-electron chi connectivity index (χ0n) is 15.2. The highest BCUT2D eigenvalue weighted by Gasteiger charge is 2.29. The van der Waals surface area contributed by atoms with Gasteiger partial charge in [0.1, 0.15) is 5.69 Å². The number of sulfone groups is 1. The molecule has 1 fully saturated rings. The van der Waals surface area contributed by atoms with E-state index in [1.54, 1.807) is 0 Å². The van der Waals surface area contributed by atoms with Crippen LogP contribution in [0.1, 0.15) is 38.4 Å². The highest BCUT2D eigenvalue weighted by atomic mass is 32.2. The van der Waals surface area contributed by atoms with E-state index in [0.29, 0.717) is 6.42 Å². The maximum Gasteiger partial charge on any atom is 0.274 e. The van der Waals surface area contributed by atoms with Gasteiger partial charge in [-0.2, -0.15) is 0 Å². The number of nitrogens with one attached hydrogen (secondary N) is 2. The lowest BCUT2D eigenvalue weighted by Crippen LogP contribution is -2.35. The number of nitrogens with zero attached hydrogens (tertiary/aromatic N) is 1. The van der Waals surface area contributed by atoms with Crippen LogP contribution in [0.3, 0.4) is 0 Å². The van der Waals surface area contributed by atoms with Crippen LogP contribution in [0.5, 0.6) is 0 Å². The maximum atomic E-state index is 12.5. The summed E-state index contributed by atoms with van der Waals surface area (Å²) in [5.74, 6) is -0.798. The summed E-state index contributed by atoms with van der Waals surface area (Å²) < 4.78 is 23.0. The van der Waals surface area contributed by atoms with Crippen LogP contribution in [0.25, 0.3) is 0 Å². The molecule has 0 aliphatic carbocycles. The van der Waals surface area contributed by atoms with E-state index < -0.39 is 27.7 Å². The normalized spacial score (nSPS) is 18.1. The molecular weight excluding hydrogens is 366 g/mol. The van der Waals surface area contributed by atoms with E-state index in [1.165, 1.54) is 18.3 Å². The van der Waals surface area contributed by atoms with Crippen molar-refractivity contribution in [2.24, 2.45) is 0 Å². The Morgan fingerprint density at radius 2 is 1.81 bits per heavy atom. The molecule has 1 aromatic heterocycles. The number of aryl methyl sites for hydroxylation is 2. The molecule has 1 aromatic carbocycles. The Kier molecular flexibility index (Phi) is 5.27. The quantitative estimate of drug-likeness (QED) is 0.833. The van der Waals surface area contributed by atoms with E-state index in [2.05, 4.69) is 15.6 Å². The van der Waals surface area contributed by atoms with Gasteiger partial charge in [-0.25, -0.2) is 8.42 Å². The molecule has 2 N–H and O–H groups in total. The zero-order valence-corrected chi connectivity index (χ0v) is 16.0. The van der Waals surface area contributed by atoms with Gasteiger partial charge < -0.3 is 10.6 Å². The van der Waals surface area contributed by atoms with E-state index in [4.69, 9.17) is 0 Å². The molecule has 0 spiro atoms. The summed E-state index contributed by atoms with van der Waals surface area (Å²) in [5, 5.41) is 5.54. The lowest BCUT2D eigenvalue weighted by Gasteiger charge is -2.13. The van der Waals surface area contributed by atoms with Crippen molar-refractivity contribution < 1.29 is 18.0 Å². The number of hydrogen-bond donors (Lipinski definition) is 2. The first-order valence-corrected chi connectivity index (χ1v) is 10.4. The lowest BCUT2D eigenvalue weighted by atomic mass is 10.1. The second-order valence-electron chi connectivity index (χ2n) is 6.72. The van der Waals surface area contributed by atoms with E-state index >= 15 is 0 Å². The van der Waals surface area contributed by atoms with Gasteiger partial charge in [0.15, 0.2) is 9.84 Å².